The Bertz CT molecular complexity index is 373. The third-order valence-corrected chi connectivity index (χ3v) is 3.33. The van der Waals surface area contributed by atoms with Gasteiger partial charge in [-0.3, -0.25) is 9.59 Å². The second-order valence-electron chi connectivity index (χ2n) is 4.31. The first-order chi connectivity index (χ1) is 8.90. The molecule has 21 heavy (non-hydrogen) atoms. The number of hydrogen-bond donors (Lipinski definition) is 3. The molecule has 1 radical (unpaired) electrons. The van der Waals surface area contributed by atoms with Crippen LogP contribution in [0, 0.1) is 11.3 Å². The van der Waals surface area contributed by atoms with Crippen LogP contribution >= 0.6 is 12.4 Å². The van der Waals surface area contributed by atoms with E-state index in [2.05, 4.69) is 10.3 Å². The summed E-state index contributed by atoms with van der Waals surface area (Å²) in [4.78, 5) is 27.1. The Labute approximate surface area is 153 Å². The molecule has 10 heteroatoms. The molecule has 0 aromatic rings. The van der Waals surface area contributed by atoms with Crippen LogP contribution in [0.5, 0.6) is 0 Å². The van der Waals surface area contributed by atoms with Crippen molar-refractivity contribution in [3.05, 3.63) is 0 Å². The maximum atomic E-state index is 11.9. The molecular weight excluding hydrogens is 309 g/mol. The van der Waals surface area contributed by atoms with Gasteiger partial charge < -0.3 is 20.5 Å². The number of rotatable bonds is 4. The molecule has 1 aliphatic heterocycles. The Kier molecular flexibility index (Phi) is 15.3. The third-order valence-electron chi connectivity index (χ3n) is 3.33. The summed E-state index contributed by atoms with van der Waals surface area (Å²) in [6, 6.07) is -0.845. The summed E-state index contributed by atoms with van der Waals surface area (Å²) in [5.41, 5.74) is -1.15. The first kappa shape index (κ1) is 25.8. The first-order valence-corrected chi connectivity index (χ1v) is 6.12. The number of amides is 2. The Hall–Kier alpha value is -0.115. The van der Waals surface area contributed by atoms with Crippen molar-refractivity contribution in [2.24, 2.45) is 16.3 Å². The molecule has 3 N–H and O–H groups in total. The van der Waals surface area contributed by atoms with Gasteiger partial charge in [-0.05, 0) is 18.8 Å². The number of halogens is 1. The summed E-state index contributed by atoms with van der Waals surface area (Å²) >= 11 is 0. The van der Waals surface area contributed by atoms with Gasteiger partial charge >= 0.3 is 37.2 Å². The minimum absolute atomic E-state index is 0. The van der Waals surface area contributed by atoms with Gasteiger partial charge in [0.25, 0.3) is 5.91 Å². The van der Waals surface area contributed by atoms with E-state index in [-0.39, 0.29) is 55.6 Å². The minimum atomic E-state index is -1.15. The molecule has 2 atom stereocenters. The number of nitrogens with zero attached hydrogens (tertiary/aromatic N) is 1. The van der Waals surface area contributed by atoms with Crippen molar-refractivity contribution in [1.82, 2.24) is 5.32 Å². The van der Waals surface area contributed by atoms with Gasteiger partial charge in [-0.25, -0.2) is 4.99 Å². The summed E-state index contributed by atoms with van der Waals surface area (Å²) in [5.74, 6) is -1.20. The van der Waals surface area contributed by atoms with E-state index in [1.54, 1.807) is 6.92 Å². The van der Waals surface area contributed by atoms with Crippen molar-refractivity contribution in [2.45, 2.75) is 40.0 Å². The molecular formula is C11H20BClN2NaO5. The fraction of sp³-hybridized carbons (Fsp3) is 0.727. The number of nitrogens with one attached hydrogen (secondary N) is 1. The van der Waals surface area contributed by atoms with E-state index in [4.69, 9.17) is 10.0 Å². The van der Waals surface area contributed by atoms with Crippen molar-refractivity contribution >= 4 is 37.9 Å². The van der Waals surface area contributed by atoms with Gasteiger partial charge in [-0.2, -0.15) is 0 Å². The van der Waals surface area contributed by atoms with E-state index in [0.29, 0.717) is 6.42 Å². The molecule has 0 spiro atoms. The van der Waals surface area contributed by atoms with Crippen LogP contribution < -0.4 is 40.0 Å². The number of hydrogen-bond acceptors (Lipinski definition) is 5. The predicted octanol–water partition coefficient (Wildman–Crippen LogP) is -3.88. The van der Waals surface area contributed by atoms with Crippen LogP contribution in [0.15, 0.2) is 4.99 Å². The molecule has 0 saturated heterocycles. The molecule has 0 bridgehead atoms. The van der Waals surface area contributed by atoms with Gasteiger partial charge in [0, 0.05) is 0 Å². The Morgan fingerprint density at radius 1 is 1.38 bits per heavy atom. The van der Waals surface area contributed by atoms with E-state index >= 15 is 0 Å². The molecule has 1 aliphatic rings. The Balaban J connectivity index is -0.000000596. The predicted molar refractivity (Wildman–Crippen MR) is 74.8 cm³/mol. The molecule has 0 aromatic heterocycles. The van der Waals surface area contributed by atoms with Crippen LogP contribution in [0.2, 0.25) is 0 Å². The van der Waals surface area contributed by atoms with Crippen molar-refractivity contribution in [2.75, 3.05) is 0 Å². The van der Waals surface area contributed by atoms with Crippen LogP contribution in [0.1, 0.15) is 40.0 Å². The minimum Gasteiger partial charge on any atom is -0.846 e. The fourth-order valence-corrected chi connectivity index (χ4v) is 2.30. The number of aliphatic imine (C=N–C) groups is 1. The second kappa shape index (κ2) is 12.4. The van der Waals surface area contributed by atoms with Gasteiger partial charge in [0.1, 0.15) is 5.41 Å². The smallest absolute Gasteiger partial charge is 0.846 e. The number of carbonyl (C=O) groups excluding carboxylic acids is 2. The maximum absolute atomic E-state index is 11.9. The average molecular weight is 330 g/mol. The van der Waals surface area contributed by atoms with E-state index < -0.39 is 23.3 Å². The molecule has 115 valence electrons. The molecule has 7 nitrogen and oxygen atoms in total. The number of amidine groups is 1. The van der Waals surface area contributed by atoms with Crippen LogP contribution in [-0.2, 0) is 9.59 Å². The summed E-state index contributed by atoms with van der Waals surface area (Å²) in [6.07, 6.45) is 2.02. The average Bonchev–Trinajstić information content (AvgIpc) is 2.30. The molecule has 0 aromatic carbocycles. The van der Waals surface area contributed by atoms with Crippen LogP contribution in [-0.4, -0.2) is 35.6 Å². The molecule has 1 rings (SSSR count). The largest absolute Gasteiger partial charge is 1.00 e. The van der Waals surface area contributed by atoms with Crippen molar-refractivity contribution in [3.8, 4) is 0 Å². The second-order valence-corrected chi connectivity index (χ2v) is 4.31. The van der Waals surface area contributed by atoms with E-state index in [0.717, 1.165) is 12.8 Å². The normalized spacial score (nSPS) is 21.5. The summed E-state index contributed by atoms with van der Waals surface area (Å²) < 4.78 is 0. The van der Waals surface area contributed by atoms with Gasteiger partial charge in [0.2, 0.25) is 5.91 Å². The zero-order chi connectivity index (χ0) is 15.1. The molecule has 0 saturated carbocycles. The standard InChI is InChI=1S/C11H18N2O3.BH2O2.ClH.Na/c1-4-6-7(3)11(5-2)8(14)12-10(16)13-9(11)15;2-1-3;;/h7H,4-6H2,1-3H3,(H2,12,13,14,15,16);2-3H;1H;/q;;;+1/p-1. The van der Waals surface area contributed by atoms with E-state index in [9.17, 15) is 14.7 Å². The Morgan fingerprint density at radius 2 is 1.86 bits per heavy atom. The van der Waals surface area contributed by atoms with Crippen LogP contribution in [0.25, 0.3) is 0 Å². The summed E-state index contributed by atoms with van der Waals surface area (Å²) in [7, 11) is 0. The molecule has 0 aliphatic carbocycles. The third kappa shape index (κ3) is 6.26. The summed E-state index contributed by atoms with van der Waals surface area (Å²) in [6.45, 7) is 5.62. The molecule has 2 amide bonds. The molecule has 2 unspecified atom stereocenters. The van der Waals surface area contributed by atoms with Crippen molar-refractivity contribution < 1.29 is 54.3 Å². The van der Waals surface area contributed by atoms with E-state index in [1.165, 1.54) is 0 Å². The topological polar surface area (TPSA) is 122 Å². The SMILES string of the molecule is CCCC(C)C1(CC)C(=O)N=C([O-])NC1=O.Cl.O[B]O.[Na+]. The van der Waals surface area contributed by atoms with Gasteiger partial charge in [0.05, 0.1) is 6.02 Å². The fourth-order valence-electron chi connectivity index (χ4n) is 2.30. The van der Waals surface area contributed by atoms with Crippen molar-refractivity contribution in [1.29, 1.82) is 0 Å². The van der Waals surface area contributed by atoms with Crippen LogP contribution in [0.3, 0.4) is 0 Å². The molecule has 1 heterocycles. The quantitative estimate of drug-likeness (QED) is 0.360. The van der Waals surface area contributed by atoms with Crippen LogP contribution in [0.4, 0.5) is 0 Å². The van der Waals surface area contributed by atoms with Gasteiger partial charge in [-0.15, -0.1) is 12.4 Å². The van der Waals surface area contributed by atoms with Gasteiger partial charge in [0.15, 0.2) is 0 Å². The Morgan fingerprint density at radius 3 is 2.19 bits per heavy atom. The maximum Gasteiger partial charge on any atom is 1.00 e. The monoisotopic (exact) mass is 329 g/mol. The molecule has 0 fully saturated rings. The van der Waals surface area contributed by atoms with E-state index in [1.807, 2.05) is 13.8 Å². The van der Waals surface area contributed by atoms with Crippen molar-refractivity contribution in [3.63, 3.8) is 0 Å². The zero-order valence-electron chi connectivity index (χ0n) is 12.8. The first-order valence-electron chi connectivity index (χ1n) is 6.12. The zero-order valence-corrected chi connectivity index (χ0v) is 15.6. The number of carbonyl (C=O) groups is 2. The summed E-state index contributed by atoms with van der Waals surface area (Å²) in [5, 5.41) is 27.1. The van der Waals surface area contributed by atoms with Gasteiger partial charge in [-0.1, -0.05) is 27.2 Å².